The zero-order valence-electron chi connectivity index (χ0n) is 10.8. The van der Waals surface area contributed by atoms with Crippen molar-refractivity contribution in [2.24, 2.45) is 5.73 Å². The monoisotopic (exact) mass is 265 g/mol. The van der Waals surface area contributed by atoms with E-state index in [-0.39, 0.29) is 0 Å². The molecule has 1 fully saturated rings. The molecule has 0 aromatic carbocycles. The Bertz CT molecular complexity index is 426. The Hall–Kier alpha value is -1.27. The zero-order chi connectivity index (χ0) is 13.1. The van der Waals surface area contributed by atoms with Gasteiger partial charge in [-0.25, -0.2) is 0 Å². The molecule has 1 aromatic rings. The molecule has 2 N–H and O–H groups in total. The Morgan fingerprint density at radius 3 is 2.67 bits per heavy atom. The van der Waals surface area contributed by atoms with Gasteiger partial charge in [-0.3, -0.25) is 0 Å². The van der Waals surface area contributed by atoms with Gasteiger partial charge in [0.05, 0.1) is 11.8 Å². The number of anilines is 1. The van der Waals surface area contributed by atoms with Gasteiger partial charge >= 0.3 is 0 Å². The first-order valence-corrected chi connectivity index (χ1v) is 6.53. The summed E-state index contributed by atoms with van der Waals surface area (Å²) in [5, 5.41) is 8.13. The lowest BCUT2D eigenvalue weighted by Crippen LogP contribution is -2.43. The SMILES string of the molecule is CN(C)C1CCN(c2nnccc2C(N)=S)CC1. The van der Waals surface area contributed by atoms with E-state index in [1.807, 2.05) is 6.07 Å². The van der Waals surface area contributed by atoms with Gasteiger partial charge in [-0.05, 0) is 33.0 Å². The maximum Gasteiger partial charge on any atom is 0.161 e. The minimum Gasteiger partial charge on any atom is -0.389 e. The second-order valence-corrected chi connectivity index (χ2v) is 5.25. The highest BCUT2D eigenvalue weighted by Gasteiger charge is 2.23. The highest BCUT2D eigenvalue weighted by atomic mass is 32.1. The van der Waals surface area contributed by atoms with Crippen LogP contribution < -0.4 is 10.6 Å². The molecular weight excluding hydrogens is 246 g/mol. The lowest BCUT2D eigenvalue weighted by atomic mass is 10.0. The summed E-state index contributed by atoms with van der Waals surface area (Å²) in [5.41, 5.74) is 6.55. The molecule has 5 nitrogen and oxygen atoms in total. The van der Waals surface area contributed by atoms with Crippen molar-refractivity contribution in [1.29, 1.82) is 0 Å². The van der Waals surface area contributed by atoms with E-state index < -0.39 is 0 Å². The summed E-state index contributed by atoms with van der Waals surface area (Å²) in [5.74, 6) is 0.821. The van der Waals surface area contributed by atoms with E-state index in [1.54, 1.807) is 6.20 Å². The molecule has 98 valence electrons. The van der Waals surface area contributed by atoms with Crippen LogP contribution in [0.2, 0.25) is 0 Å². The fourth-order valence-electron chi connectivity index (χ4n) is 2.34. The van der Waals surface area contributed by atoms with Gasteiger partial charge in [0.25, 0.3) is 0 Å². The average molecular weight is 265 g/mol. The van der Waals surface area contributed by atoms with Crippen LogP contribution in [0.25, 0.3) is 0 Å². The third-order valence-corrected chi connectivity index (χ3v) is 3.68. The first-order chi connectivity index (χ1) is 8.59. The van der Waals surface area contributed by atoms with Crippen molar-refractivity contribution in [2.75, 3.05) is 32.1 Å². The molecule has 0 saturated carbocycles. The van der Waals surface area contributed by atoms with Crippen LogP contribution in [0.1, 0.15) is 18.4 Å². The van der Waals surface area contributed by atoms with E-state index in [1.165, 1.54) is 0 Å². The summed E-state index contributed by atoms with van der Waals surface area (Å²) >= 11 is 5.06. The van der Waals surface area contributed by atoms with Crippen LogP contribution in [-0.2, 0) is 0 Å². The summed E-state index contributed by atoms with van der Waals surface area (Å²) in [4.78, 5) is 4.89. The standard InChI is InChI=1S/C12H19N5S/c1-16(2)9-4-7-17(8-5-9)12-10(11(13)18)3-6-14-15-12/h3,6,9H,4-5,7-8H2,1-2H3,(H2,13,18). The van der Waals surface area contributed by atoms with E-state index in [2.05, 4.69) is 34.1 Å². The van der Waals surface area contributed by atoms with E-state index in [4.69, 9.17) is 18.0 Å². The van der Waals surface area contributed by atoms with Crippen LogP contribution in [-0.4, -0.2) is 53.3 Å². The van der Waals surface area contributed by atoms with Crippen molar-refractivity contribution in [3.63, 3.8) is 0 Å². The van der Waals surface area contributed by atoms with Gasteiger partial charge < -0.3 is 15.5 Å². The topological polar surface area (TPSA) is 58.3 Å². The Labute approximate surface area is 113 Å². The highest BCUT2D eigenvalue weighted by Crippen LogP contribution is 2.22. The first-order valence-electron chi connectivity index (χ1n) is 6.12. The maximum absolute atomic E-state index is 5.73. The normalized spacial score (nSPS) is 17.2. The zero-order valence-corrected chi connectivity index (χ0v) is 11.7. The molecule has 0 radical (unpaired) electrons. The molecule has 0 atom stereocenters. The molecule has 1 aliphatic rings. The summed E-state index contributed by atoms with van der Waals surface area (Å²) in [6.07, 6.45) is 3.88. The molecule has 2 rings (SSSR count). The van der Waals surface area contributed by atoms with Crippen LogP contribution in [0.5, 0.6) is 0 Å². The van der Waals surface area contributed by atoms with Gasteiger partial charge in [0, 0.05) is 19.1 Å². The molecular formula is C12H19N5S. The van der Waals surface area contributed by atoms with Crippen molar-refractivity contribution in [3.05, 3.63) is 17.8 Å². The fourth-order valence-corrected chi connectivity index (χ4v) is 2.50. The van der Waals surface area contributed by atoms with E-state index in [0.29, 0.717) is 11.0 Å². The summed E-state index contributed by atoms with van der Waals surface area (Å²) in [7, 11) is 4.26. The van der Waals surface area contributed by atoms with Crippen molar-refractivity contribution < 1.29 is 0 Å². The van der Waals surface area contributed by atoms with Crippen LogP contribution in [0.15, 0.2) is 12.3 Å². The Kier molecular flexibility index (Phi) is 4.08. The summed E-state index contributed by atoms with van der Waals surface area (Å²) in [6, 6.07) is 2.48. The quantitative estimate of drug-likeness (QED) is 0.810. The Morgan fingerprint density at radius 1 is 1.44 bits per heavy atom. The van der Waals surface area contributed by atoms with Gasteiger partial charge in [-0.1, -0.05) is 12.2 Å². The highest BCUT2D eigenvalue weighted by molar-refractivity contribution is 7.80. The van der Waals surface area contributed by atoms with Gasteiger partial charge in [0.1, 0.15) is 4.99 Å². The van der Waals surface area contributed by atoms with Crippen molar-refractivity contribution in [1.82, 2.24) is 15.1 Å². The first kappa shape index (κ1) is 13.2. The minimum atomic E-state index is 0.384. The van der Waals surface area contributed by atoms with Crippen molar-refractivity contribution in [2.45, 2.75) is 18.9 Å². The number of nitrogens with zero attached hydrogens (tertiary/aromatic N) is 4. The lowest BCUT2D eigenvalue weighted by molar-refractivity contribution is 0.249. The van der Waals surface area contributed by atoms with Gasteiger partial charge in [-0.2, -0.15) is 5.10 Å². The molecule has 0 aliphatic carbocycles. The second-order valence-electron chi connectivity index (χ2n) is 4.81. The predicted octanol–water partition coefficient (Wildman–Crippen LogP) is 0.641. The third-order valence-electron chi connectivity index (χ3n) is 3.46. The van der Waals surface area contributed by atoms with Crippen LogP contribution in [0.3, 0.4) is 0 Å². The Balaban J connectivity index is 2.12. The molecule has 6 heteroatoms. The number of hydrogen-bond acceptors (Lipinski definition) is 5. The number of hydrogen-bond donors (Lipinski definition) is 1. The molecule has 1 aromatic heterocycles. The molecule has 18 heavy (non-hydrogen) atoms. The van der Waals surface area contributed by atoms with Crippen LogP contribution in [0.4, 0.5) is 5.82 Å². The van der Waals surface area contributed by atoms with E-state index in [0.717, 1.165) is 37.3 Å². The predicted molar refractivity (Wildman–Crippen MR) is 76.8 cm³/mol. The van der Waals surface area contributed by atoms with Gasteiger partial charge in [-0.15, -0.1) is 5.10 Å². The summed E-state index contributed by atoms with van der Waals surface area (Å²) in [6.45, 7) is 1.94. The fraction of sp³-hybridized carbons (Fsp3) is 0.583. The molecule has 1 saturated heterocycles. The smallest absolute Gasteiger partial charge is 0.161 e. The number of rotatable bonds is 3. The molecule has 0 amide bonds. The minimum absolute atomic E-state index is 0.384. The number of thiocarbonyl (C=S) groups is 1. The average Bonchev–Trinajstić information content (AvgIpc) is 2.39. The summed E-state index contributed by atoms with van der Waals surface area (Å²) < 4.78 is 0. The number of nitrogens with two attached hydrogens (primary N) is 1. The Morgan fingerprint density at radius 2 is 2.11 bits per heavy atom. The van der Waals surface area contributed by atoms with Crippen molar-refractivity contribution >= 4 is 23.0 Å². The molecule has 0 unspecified atom stereocenters. The van der Waals surface area contributed by atoms with Gasteiger partial charge in [0.15, 0.2) is 5.82 Å². The molecule has 2 heterocycles. The number of piperidine rings is 1. The largest absolute Gasteiger partial charge is 0.389 e. The molecule has 1 aliphatic heterocycles. The van der Waals surface area contributed by atoms with E-state index in [9.17, 15) is 0 Å². The van der Waals surface area contributed by atoms with Crippen molar-refractivity contribution in [3.8, 4) is 0 Å². The third kappa shape index (κ3) is 2.76. The van der Waals surface area contributed by atoms with E-state index >= 15 is 0 Å². The van der Waals surface area contributed by atoms with Crippen LogP contribution in [0, 0.1) is 0 Å². The van der Waals surface area contributed by atoms with Gasteiger partial charge in [0.2, 0.25) is 0 Å². The second kappa shape index (κ2) is 5.58. The molecule has 0 spiro atoms. The van der Waals surface area contributed by atoms with Crippen LogP contribution >= 0.6 is 12.2 Å². The lowest BCUT2D eigenvalue weighted by Gasteiger charge is -2.36. The molecule has 0 bridgehead atoms. The maximum atomic E-state index is 5.73. The number of aromatic nitrogens is 2.